The number of carbonyl (C=O) groups excluding carboxylic acids is 1. The lowest BCUT2D eigenvalue weighted by atomic mass is 10.0. The summed E-state index contributed by atoms with van der Waals surface area (Å²) in [5, 5.41) is 3.38. The van der Waals surface area contributed by atoms with E-state index in [0.29, 0.717) is 33.7 Å². The predicted octanol–water partition coefficient (Wildman–Crippen LogP) is 6.45. The molecule has 0 aliphatic rings. The molecule has 1 heterocycles. The molecule has 0 fully saturated rings. The van der Waals surface area contributed by atoms with Crippen molar-refractivity contribution in [2.75, 3.05) is 11.9 Å². The summed E-state index contributed by atoms with van der Waals surface area (Å²) in [4.78, 5) is 25.7. The first-order valence-corrected chi connectivity index (χ1v) is 11.3. The highest BCUT2D eigenvalue weighted by molar-refractivity contribution is 5.96. The molecule has 0 bridgehead atoms. The number of hydrogen-bond donors (Lipinski definition) is 1. The molecule has 0 aliphatic carbocycles. The third-order valence-corrected chi connectivity index (χ3v) is 5.76. The molecular weight excluding hydrogens is 438 g/mol. The fourth-order valence-electron chi connectivity index (χ4n) is 4.11. The number of anilines is 1. The van der Waals surface area contributed by atoms with Gasteiger partial charge < -0.3 is 14.5 Å². The quantitative estimate of drug-likeness (QED) is 0.315. The summed E-state index contributed by atoms with van der Waals surface area (Å²) in [7, 11) is 0. The Labute approximate surface area is 202 Å². The molecule has 0 spiro atoms. The minimum absolute atomic E-state index is 0.100. The second-order valence-electron chi connectivity index (χ2n) is 8.13. The van der Waals surface area contributed by atoms with Crippen LogP contribution in [0.2, 0.25) is 0 Å². The third-order valence-electron chi connectivity index (χ3n) is 5.76. The molecule has 1 N–H and O–H groups in total. The van der Waals surface area contributed by atoms with E-state index in [-0.39, 0.29) is 17.9 Å². The maximum atomic E-state index is 13.1. The largest absolute Gasteiger partial charge is 0.484 e. The van der Waals surface area contributed by atoms with E-state index in [9.17, 15) is 9.59 Å². The van der Waals surface area contributed by atoms with Crippen molar-refractivity contribution in [3.63, 3.8) is 0 Å². The maximum Gasteiger partial charge on any atom is 0.262 e. The summed E-state index contributed by atoms with van der Waals surface area (Å²) in [5.74, 6) is 0.686. The first-order chi connectivity index (χ1) is 17.1. The van der Waals surface area contributed by atoms with Crippen molar-refractivity contribution in [1.29, 1.82) is 0 Å². The summed E-state index contributed by atoms with van der Waals surface area (Å²) in [6.45, 7) is 1.59. The lowest BCUT2D eigenvalue weighted by Gasteiger charge is -2.12. The van der Waals surface area contributed by atoms with Crippen molar-refractivity contribution in [2.24, 2.45) is 0 Å². The zero-order valence-electron chi connectivity index (χ0n) is 19.2. The lowest BCUT2D eigenvalue weighted by molar-refractivity contribution is -0.118. The van der Waals surface area contributed by atoms with Crippen LogP contribution in [-0.4, -0.2) is 12.5 Å². The number of benzene rings is 4. The van der Waals surface area contributed by atoms with Gasteiger partial charge in [-0.1, -0.05) is 78.9 Å². The Hall–Kier alpha value is -4.64. The Bertz CT molecular complexity index is 1560. The van der Waals surface area contributed by atoms with Crippen LogP contribution in [0, 0.1) is 6.92 Å². The van der Waals surface area contributed by atoms with Gasteiger partial charge in [-0.3, -0.25) is 9.59 Å². The van der Waals surface area contributed by atoms with E-state index >= 15 is 0 Å². The van der Waals surface area contributed by atoms with Gasteiger partial charge in [-0.25, -0.2) is 0 Å². The molecule has 5 aromatic rings. The number of para-hydroxylation sites is 1. The maximum absolute atomic E-state index is 13.1. The van der Waals surface area contributed by atoms with Crippen molar-refractivity contribution >= 4 is 22.6 Å². The molecule has 0 atom stereocenters. The number of nitrogens with one attached hydrogen (secondary N) is 1. The van der Waals surface area contributed by atoms with Crippen LogP contribution in [0.1, 0.15) is 5.76 Å². The average molecular weight is 462 g/mol. The molecule has 0 aliphatic heterocycles. The first-order valence-electron chi connectivity index (χ1n) is 11.3. The number of rotatable bonds is 6. The Kier molecular flexibility index (Phi) is 6.14. The van der Waals surface area contributed by atoms with Crippen LogP contribution < -0.4 is 15.5 Å². The number of hydrogen-bond acceptors (Lipinski definition) is 4. The molecule has 0 saturated heterocycles. The van der Waals surface area contributed by atoms with Crippen molar-refractivity contribution in [1.82, 2.24) is 0 Å². The van der Waals surface area contributed by atoms with Gasteiger partial charge in [0, 0.05) is 17.3 Å². The zero-order chi connectivity index (χ0) is 24.2. The van der Waals surface area contributed by atoms with Crippen LogP contribution >= 0.6 is 0 Å². The van der Waals surface area contributed by atoms with E-state index in [1.54, 1.807) is 25.1 Å². The second-order valence-corrected chi connectivity index (χ2v) is 8.13. The van der Waals surface area contributed by atoms with Crippen molar-refractivity contribution in [2.45, 2.75) is 6.92 Å². The molecule has 5 nitrogen and oxygen atoms in total. The highest BCUT2D eigenvalue weighted by Crippen LogP contribution is 2.28. The molecule has 0 unspecified atom stereocenters. The van der Waals surface area contributed by atoms with Gasteiger partial charge in [-0.2, -0.15) is 0 Å². The van der Waals surface area contributed by atoms with Gasteiger partial charge in [-0.05, 0) is 36.2 Å². The van der Waals surface area contributed by atoms with Crippen LogP contribution in [0.15, 0.2) is 112 Å². The number of aryl methyl sites for hydroxylation is 1. The van der Waals surface area contributed by atoms with Gasteiger partial charge in [0.1, 0.15) is 17.1 Å². The molecule has 172 valence electrons. The smallest absolute Gasteiger partial charge is 0.262 e. The van der Waals surface area contributed by atoms with Gasteiger partial charge in [0.25, 0.3) is 5.91 Å². The summed E-state index contributed by atoms with van der Waals surface area (Å²) < 4.78 is 11.7. The van der Waals surface area contributed by atoms with E-state index in [2.05, 4.69) is 5.32 Å². The Morgan fingerprint density at radius 3 is 2.23 bits per heavy atom. The number of ether oxygens (including phenoxy) is 1. The molecule has 5 rings (SSSR count). The fraction of sp³-hybridized carbons (Fsp3) is 0.0667. The number of carbonyl (C=O) groups is 1. The molecule has 35 heavy (non-hydrogen) atoms. The van der Waals surface area contributed by atoms with Gasteiger partial charge in [0.2, 0.25) is 5.43 Å². The Morgan fingerprint density at radius 2 is 1.49 bits per heavy atom. The molecule has 4 aromatic carbocycles. The molecule has 1 aromatic heterocycles. The van der Waals surface area contributed by atoms with Crippen molar-refractivity contribution in [3.05, 3.63) is 119 Å². The molecule has 5 heteroatoms. The first kappa shape index (κ1) is 22.2. The minimum atomic E-state index is -0.287. The monoisotopic (exact) mass is 461 g/mol. The SMILES string of the molecule is Cc1oc2cc(OCC(=O)Nc3ccccc3-c3ccccc3)ccc2c(=O)c1-c1ccccc1. The Balaban J connectivity index is 1.33. The molecule has 0 saturated carbocycles. The van der Waals surface area contributed by atoms with E-state index < -0.39 is 0 Å². The number of fused-ring (bicyclic) bond motifs is 1. The zero-order valence-corrected chi connectivity index (χ0v) is 19.2. The van der Waals surface area contributed by atoms with Gasteiger partial charge >= 0.3 is 0 Å². The topological polar surface area (TPSA) is 68.5 Å². The van der Waals surface area contributed by atoms with Crippen LogP contribution in [0.3, 0.4) is 0 Å². The number of amides is 1. The minimum Gasteiger partial charge on any atom is -0.484 e. The highest BCUT2D eigenvalue weighted by Gasteiger charge is 2.14. The molecular formula is C30H23NO4. The standard InChI is InChI=1S/C30H23NO4/c1-20-29(22-12-6-3-7-13-22)30(33)25-17-16-23(18-27(25)35-20)34-19-28(32)31-26-15-9-8-14-24(26)21-10-4-2-5-11-21/h2-18H,19H2,1H3,(H,31,32). The summed E-state index contributed by atoms with van der Waals surface area (Å²) in [5.41, 5.74) is 4.33. The van der Waals surface area contributed by atoms with Crippen molar-refractivity contribution < 1.29 is 13.9 Å². The van der Waals surface area contributed by atoms with Gasteiger partial charge in [0.05, 0.1) is 10.9 Å². The molecule has 0 radical (unpaired) electrons. The second kappa shape index (κ2) is 9.69. The average Bonchev–Trinajstić information content (AvgIpc) is 2.89. The summed E-state index contributed by atoms with van der Waals surface area (Å²) in [6.07, 6.45) is 0. The highest BCUT2D eigenvalue weighted by atomic mass is 16.5. The molecule has 1 amide bonds. The van der Waals surface area contributed by atoms with E-state index in [4.69, 9.17) is 9.15 Å². The van der Waals surface area contributed by atoms with E-state index in [1.165, 1.54) is 0 Å². The lowest BCUT2D eigenvalue weighted by Crippen LogP contribution is -2.20. The van der Waals surface area contributed by atoms with Gasteiger partial charge in [-0.15, -0.1) is 0 Å². The summed E-state index contributed by atoms with van der Waals surface area (Å²) in [6, 6.07) is 31.9. The van der Waals surface area contributed by atoms with Crippen LogP contribution in [0.4, 0.5) is 5.69 Å². The van der Waals surface area contributed by atoms with Gasteiger partial charge in [0.15, 0.2) is 6.61 Å². The summed E-state index contributed by atoms with van der Waals surface area (Å²) >= 11 is 0. The van der Waals surface area contributed by atoms with Crippen LogP contribution in [0.5, 0.6) is 5.75 Å². The third kappa shape index (κ3) is 4.70. The van der Waals surface area contributed by atoms with E-state index in [0.717, 1.165) is 16.7 Å². The normalized spacial score (nSPS) is 10.8. The van der Waals surface area contributed by atoms with Crippen LogP contribution in [0.25, 0.3) is 33.2 Å². The van der Waals surface area contributed by atoms with Crippen LogP contribution in [-0.2, 0) is 4.79 Å². The van der Waals surface area contributed by atoms with E-state index in [1.807, 2.05) is 84.9 Å². The van der Waals surface area contributed by atoms with Crippen molar-refractivity contribution in [3.8, 4) is 28.0 Å². The fourth-order valence-corrected chi connectivity index (χ4v) is 4.11. The Morgan fingerprint density at radius 1 is 0.829 bits per heavy atom. The predicted molar refractivity (Wildman–Crippen MR) is 139 cm³/mol.